The molecule has 19 heavy (non-hydrogen) atoms. The fourth-order valence-corrected chi connectivity index (χ4v) is 2.98. The second-order valence-electron chi connectivity index (χ2n) is 4.00. The Balaban J connectivity index is 2.01. The molecular weight excluding hydrogens is 282 g/mol. The third kappa shape index (κ3) is 3.90. The standard InChI is InChI=1S/C13H11NO3S2/c15-11(16)6-5-8-1-3-9(4-2-8)7-10-12(17)14-13(18)19-10/h1-6,10H,7H2,(H,15,16)(H,14,17,18). The number of amides is 1. The van der Waals surface area contributed by atoms with Crippen LogP contribution in [0.3, 0.4) is 0 Å². The lowest BCUT2D eigenvalue weighted by Gasteiger charge is -2.05. The molecule has 1 fully saturated rings. The first-order valence-corrected chi connectivity index (χ1v) is 6.85. The highest BCUT2D eigenvalue weighted by molar-refractivity contribution is 8.24. The third-order valence-electron chi connectivity index (χ3n) is 2.59. The molecule has 1 aliphatic rings. The van der Waals surface area contributed by atoms with E-state index in [1.807, 2.05) is 24.3 Å². The van der Waals surface area contributed by atoms with Crippen molar-refractivity contribution in [3.05, 3.63) is 41.5 Å². The highest BCUT2D eigenvalue weighted by Crippen LogP contribution is 2.23. The Hall–Kier alpha value is -1.66. The van der Waals surface area contributed by atoms with Gasteiger partial charge < -0.3 is 10.4 Å². The molecule has 0 spiro atoms. The predicted octanol–water partition coefficient (Wildman–Crippen LogP) is 1.84. The van der Waals surface area contributed by atoms with E-state index in [1.54, 1.807) is 0 Å². The molecule has 1 atom stereocenters. The van der Waals surface area contributed by atoms with E-state index in [4.69, 9.17) is 17.3 Å². The number of benzene rings is 1. The minimum absolute atomic E-state index is 0.0511. The molecular formula is C13H11NO3S2. The summed E-state index contributed by atoms with van der Waals surface area (Å²) in [7, 11) is 0. The number of carbonyl (C=O) groups is 2. The number of hydrogen-bond acceptors (Lipinski definition) is 4. The van der Waals surface area contributed by atoms with Crippen LogP contribution in [0.15, 0.2) is 30.3 Å². The van der Waals surface area contributed by atoms with Crippen molar-refractivity contribution in [2.24, 2.45) is 0 Å². The minimum atomic E-state index is -0.975. The smallest absolute Gasteiger partial charge is 0.328 e. The summed E-state index contributed by atoms with van der Waals surface area (Å²) in [5, 5.41) is 11.0. The number of nitrogens with one attached hydrogen (secondary N) is 1. The lowest BCUT2D eigenvalue weighted by molar-refractivity contribution is -0.131. The number of carboxylic acid groups (broad SMARTS) is 1. The molecule has 0 aromatic heterocycles. The zero-order valence-corrected chi connectivity index (χ0v) is 11.5. The molecule has 0 saturated carbocycles. The number of carboxylic acids is 1. The van der Waals surface area contributed by atoms with Crippen LogP contribution in [0.1, 0.15) is 11.1 Å². The fourth-order valence-electron chi connectivity index (χ4n) is 1.67. The lowest BCUT2D eigenvalue weighted by Crippen LogP contribution is -2.25. The van der Waals surface area contributed by atoms with Gasteiger partial charge in [-0.3, -0.25) is 4.79 Å². The Morgan fingerprint density at radius 3 is 2.63 bits per heavy atom. The van der Waals surface area contributed by atoms with Gasteiger partial charge in [0.15, 0.2) is 0 Å². The summed E-state index contributed by atoms with van der Waals surface area (Å²) in [5.74, 6) is -1.03. The number of thioether (sulfide) groups is 1. The van der Waals surface area contributed by atoms with Crippen molar-refractivity contribution in [1.29, 1.82) is 0 Å². The Labute approximate surface area is 119 Å². The average Bonchev–Trinajstić information content (AvgIpc) is 2.67. The highest BCUT2D eigenvalue weighted by atomic mass is 32.2. The van der Waals surface area contributed by atoms with E-state index in [0.717, 1.165) is 17.2 Å². The van der Waals surface area contributed by atoms with E-state index in [0.29, 0.717) is 10.7 Å². The zero-order valence-electron chi connectivity index (χ0n) is 9.83. The molecule has 98 valence electrons. The number of aliphatic carboxylic acids is 1. The van der Waals surface area contributed by atoms with Gasteiger partial charge in [0.2, 0.25) is 5.91 Å². The van der Waals surface area contributed by atoms with Gasteiger partial charge >= 0.3 is 5.97 Å². The molecule has 0 radical (unpaired) electrons. The van der Waals surface area contributed by atoms with Crippen LogP contribution >= 0.6 is 24.0 Å². The molecule has 1 heterocycles. The maximum Gasteiger partial charge on any atom is 0.328 e. The van der Waals surface area contributed by atoms with Gasteiger partial charge in [-0.2, -0.15) is 0 Å². The molecule has 1 aromatic rings. The SMILES string of the molecule is O=C(O)C=Cc1ccc(CC2SC(=S)NC2=O)cc1. The predicted molar refractivity (Wildman–Crippen MR) is 78.9 cm³/mol. The van der Waals surface area contributed by atoms with E-state index in [1.165, 1.54) is 17.8 Å². The summed E-state index contributed by atoms with van der Waals surface area (Å²) in [4.78, 5) is 21.9. The molecule has 1 saturated heterocycles. The van der Waals surface area contributed by atoms with Gasteiger partial charge in [-0.25, -0.2) is 4.79 Å². The molecule has 1 amide bonds. The van der Waals surface area contributed by atoms with Crippen LogP contribution in [0, 0.1) is 0 Å². The third-order valence-corrected chi connectivity index (χ3v) is 3.96. The first-order valence-electron chi connectivity index (χ1n) is 5.56. The van der Waals surface area contributed by atoms with Gasteiger partial charge in [-0.15, -0.1) is 0 Å². The van der Waals surface area contributed by atoms with Crippen LogP contribution in [0.2, 0.25) is 0 Å². The van der Waals surface area contributed by atoms with Crippen LogP contribution in [-0.2, 0) is 16.0 Å². The minimum Gasteiger partial charge on any atom is -0.478 e. The van der Waals surface area contributed by atoms with Crippen LogP contribution in [-0.4, -0.2) is 26.6 Å². The van der Waals surface area contributed by atoms with Crippen LogP contribution < -0.4 is 5.32 Å². The van der Waals surface area contributed by atoms with Crippen LogP contribution in [0.4, 0.5) is 0 Å². The first kappa shape index (κ1) is 13.8. The summed E-state index contributed by atoms with van der Waals surface area (Å²) in [6, 6.07) is 7.42. The van der Waals surface area contributed by atoms with E-state index < -0.39 is 5.97 Å². The highest BCUT2D eigenvalue weighted by Gasteiger charge is 2.28. The summed E-state index contributed by atoms with van der Waals surface area (Å²) < 4.78 is 0.524. The van der Waals surface area contributed by atoms with E-state index >= 15 is 0 Å². The summed E-state index contributed by atoms with van der Waals surface area (Å²) >= 11 is 6.30. The van der Waals surface area contributed by atoms with Crippen molar-refractivity contribution in [2.45, 2.75) is 11.7 Å². The molecule has 0 bridgehead atoms. The Morgan fingerprint density at radius 2 is 2.11 bits per heavy atom. The van der Waals surface area contributed by atoms with Crippen molar-refractivity contribution in [3.63, 3.8) is 0 Å². The van der Waals surface area contributed by atoms with Crippen LogP contribution in [0.25, 0.3) is 6.08 Å². The van der Waals surface area contributed by atoms with E-state index in [-0.39, 0.29) is 11.2 Å². The second kappa shape index (κ2) is 5.99. The van der Waals surface area contributed by atoms with Crippen molar-refractivity contribution >= 4 is 46.3 Å². The average molecular weight is 293 g/mol. The summed E-state index contributed by atoms with van der Waals surface area (Å²) in [5.41, 5.74) is 1.83. The summed E-state index contributed by atoms with van der Waals surface area (Å²) in [6.07, 6.45) is 3.23. The number of thiocarbonyl (C=S) groups is 1. The van der Waals surface area contributed by atoms with Crippen molar-refractivity contribution in [3.8, 4) is 0 Å². The Kier molecular flexibility index (Phi) is 4.34. The molecule has 0 aliphatic carbocycles. The zero-order chi connectivity index (χ0) is 13.8. The van der Waals surface area contributed by atoms with Gasteiger partial charge in [-0.1, -0.05) is 48.2 Å². The Morgan fingerprint density at radius 1 is 1.42 bits per heavy atom. The van der Waals surface area contributed by atoms with E-state index in [2.05, 4.69) is 5.32 Å². The molecule has 2 rings (SSSR count). The van der Waals surface area contributed by atoms with Gasteiger partial charge in [0.1, 0.15) is 4.32 Å². The van der Waals surface area contributed by atoms with Crippen molar-refractivity contribution in [2.75, 3.05) is 0 Å². The van der Waals surface area contributed by atoms with Gasteiger partial charge in [-0.05, 0) is 23.6 Å². The number of carbonyl (C=O) groups excluding carboxylic acids is 1. The monoisotopic (exact) mass is 293 g/mol. The van der Waals surface area contributed by atoms with Gasteiger partial charge in [0.25, 0.3) is 0 Å². The first-order chi connectivity index (χ1) is 9.04. The maximum absolute atomic E-state index is 11.5. The molecule has 2 N–H and O–H groups in total. The quantitative estimate of drug-likeness (QED) is 0.655. The van der Waals surface area contributed by atoms with Gasteiger partial charge in [0, 0.05) is 6.08 Å². The molecule has 1 unspecified atom stereocenters. The number of hydrogen-bond donors (Lipinski definition) is 2. The largest absolute Gasteiger partial charge is 0.478 e. The summed E-state index contributed by atoms with van der Waals surface area (Å²) in [6.45, 7) is 0. The van der Waals surface area contributed by atoms with E-state index in [9.17, 15) is 9.59 Å². The second-order valence-corrected chi connectivity index (χ2v) is 5.88. The normalized spacial score (nSPS) is 18.8. The van der Waals surface area contributed by atoms with Gasteiger partial charge in [0.05, 0.1) is 5.25 Å². The van der Waals surface area contributed by atoms with Crippen LogP contribution in [0.5, 0.6) is 0 Å². The molecule has 6 heteroatoms. The fraction of sp³-hybridized carbons (Fsp3) is 0.154. The topological polar surface area (TPSA) is 66.4 Å². The molecule has 1 aliphatic heterocycles. The maximum atomic E-state index is 11.5. The molecule has 4 nitrogen and oxygen atoms in total. The molecule has 1 aromatic carbocycles. The van der Waals surface area contributed by atoms with Crippen molar-refractivity contribution in [1.82, 2.24) is 5.32 Å². The Bertz CT molecular complexity index is 552. The number of rotatable bonds is 4. The lowest BCUT2D eigenvalue weighted by atomic mass is 10.1. The van der Waals surface area contributed by atoms with Crippen molar-refractivity contribution < 1.29 is 14.7 Å².